The molecule has 1 aromatic rings. The third-order valence-electron chi connectivity index (χ3n) is 2.14. The second kappa shape index (κ2) is 4.35. The number of hydrogen-bond acceptors (Lipinski definition) is 5. The topological polar surface area (TPSA) is 129 Å². The van der Waals surface area contributed by atoms with E-state index in [1.54, 1.807) is 0 Å². The molecule has 0 saturated heterocycles. The molecule has 0 saturated carbocycles. The van der Waals surface area contributed by atoms with Crippen LogP contribution in [0, 0.1) is 6.92 Å². The van der Waals surface area contributed by atoms with Gasteiger partial charge in [-0.1, -0.05) is 0 Å². The van der Waals surface area contributed by atoms with Gasteiger partial charge in [-0.05, 0) is 24.6 Å². The maximum atomic E-state index is 11.0. The zero-order chi connectivity index (χ0) is 13.4. The Hall–Kier alpha value is -1.00. The summed E-state index contributed by atoms with van der Waals surface area (Å²) in [4.78, 5) is -1.41. The molecule has 0 atom stereocenters. The number of aryl methyl sites for hydroxylation is 1. The minimum atomic E-state index is -4.69. The summed E-state index contributed by atoms with van der Waals surface area (Å²) in [5.74, 6) is 0. The van der Waals surface area contributed by atoms with Gasteiger partial charge in [0.25, 0.3) is 20.2 Å². The molecule has 0 heterocycles. The van der Waals surface area contributed by atoms with E-state index in [0.717, 1.165) is 6.07 Å². The van der Waals surface area contributed by atoms with E-state index in [1.807, 2.05) is 0 Å². The first-order valence-electron chi connectivity index (χ1n) is 4.26. The molecule has 0 radical (unpaired) electrons. The van der Waals surface area contributed by atoms with Crippen LogP contribution in [0.4, 0.5) is 0 Å². The molecule has 0 aromatic heterocycles. The van der Waals surface area contributed by atoms with Crippen molar-refractivity contribution in [2.45, 2.75) is 23.3 Å². The molecule has 17 heavy (non-hydrogen) atoms. The van der Waals surface area contributed by atoms with Gasteiger partial charge in [0.15, 0.2) is 0 Å². The van der Waals surface area contributed by atoms with Gasteiger partial charge in [-0.25, -0.2) is 0 Å². The molecule has 3 N–H and O–H groups in total. The van der Waals surface area contributed by atoms with Crippen LogP contribution >= 0.6 is 0 Å². The molecule has 0 fully saturated rings. The van der Waals surface area contributed by atoms with E-state index in [2.05, 4.69) is 0 Å². The molecule has 0 aliphatic heterocycles. The van der Waals surface area contributed by atoms with Crippen LogP contribution in [-0.2, 0) is 26.8 Å². The fourth-order valence-electron chi connectivity index (χ4n) is 1.33. The van der Waals surface area contributed by atoms with E-state index < -0.39 is 36.6 Å². The predicted molar refractivity (Wildman–Crippen MR) is 56.7 cm³/mol. The molecule has 9 heteroatoms. The summed E-state index contributed by atoms with van der Waals surface area (Å²) in [5.41, 5.74) is -0.00449. The van der Waals surface area contributed by atoms with Gasteiger partial charge in [0, 0.05) is 5.56 Å². The van der Waals surface area contributed by atoms with Crippen LogP contribution in [-0.4, -0.2) is 31.0 Å². The predicted octanol–water partition coefficient (Wildman–Crippen LogP) is -0.0193. The molecule has 0 amide bonds. The zero-order valence-corrected chi connectivity index (χ0v) is 10.3. The molecule has 0 aliphatic carbocycles. The first-order chi connectivity index (χ1) is 7.57. The second-order valence-corrected chi connectivity index (χ2v) is 6.14. The maximum absolute atomic E-state index is 11.0. The van der Waals surface area contributed by atoms with Gasteiger partial charge in [-0.2, -0.15) is 16.8 Å². The highest BCUT2D eigenvalue weighted by molar-refractivity contribution is 7.86. The van der Waals surface area contributed by atoms with E-state index in [-0.39, 0.29) is 11.1 Å². The zero-order valence-electron chi connectivity index (χ0n) is 8.65. The molecule has 0 spiro atoms. The Balaban J connectivity index is 3.75. The summed E-state index contributed by atoms with van der Waals surface area (Å²) < 4.78 is 61.5. The van der Waals surface area contributed by atoms with E-state index in [1.165, 1.54) is 6.92 Å². The van der Waals surface area contributed by atoms with Crippen LogP contribution in [0.2, 0.25) is 0 Å². The standard InChI is InChI=1S/C8H10O7S2/c1-5-2-6(16(10,11)12)3-8(7(5)4-9)17(13,14)15/h2-3,9H,4H2,1H3,(H,10,11,12)(H,13,14,15). The van der Waals surface area contributed by atoms with Crippen molar-refractivity contribution in [2.24, 2.45) is 0 Å². The average molecular weight is 282 g/mol. The molecule has 0 bridgehead atoms. The van der Waals surface area contributed by atoms with E-state index in [9.17, 15) is 16.8 Å². The lowest BCUT2D eigenvalue weighted by molar-refractivity contribution is 0.277. The normalized spacial score (nSPS) is 12.7. The third-order valence-corrected chi connectivity index (χ3v) is 3.89. The largest absolute Gasteiger partial charge is 0.392 e. The van der Waals surface area contributed by atoms with E-state index in [4.69, 9.17) is 14.2 Å². The van der Waals surface area contributed by atoms with Crippen LogP contribution in [0.5, 0.6) is 0 Å². The highest BCUT2D eigenvalue weighted by Crippen LogP contribution is 2.24. The van der Waals surface area contributed by atoms with Crippen LogP contribution in [0.25, 0.3) is 0 Å². The molecular weight excluding hydrogens is 272 g/mol. The highest BCUT2D eigenvalue weighted by atomic mass is 32.2. The molecule has 0 aliphatic rings. The molecule has 0 unspecified atom stereocenters. The lowest BCUT2D eigenvalue weighted by atomic mass is 10.1. The fourth-order valence-corrected chi connectivity index (χ4v) is 2.81. The number of aliphatic hydroxyl groups is 1. The Bertz CT molecular complexity index is 643. The van der Waals surface area contributed by atoms with Crippen molar-refractivity contribution >= 4 is 20.2 Å². The Labute approximate surface area is 98.2 Å². The van der Waals surface area contributed by atoms with Crippen molar-refractivity contribution in [1.29, 1.82) is 0 Å². The fraction of sp³-hybridized carbons (Fsp3) is 0.250. The second-order valence-electron chi connectivity index (χ2n) is 3.33. The van der Waals surface area contributed by atoms with Crippen molar-refractivity contribution in [3.8, 4) is 0 Å². The summed E-state index contributed by atoms with van der Waals surface area (Å²) in [7, 11) is -9.28. The van der Waals surface area contributed by atoms with Gasteiger partial charge in [0.2, 0.25) is 0 Å². The maximum Gasteiger partial charge on any atom is 0.294 e. The monoisotopic (exact) mass is 282 g/mol. The van der Waals surface area contributed by atoms with Crippen LogP contribution in [0.1, 0.15) is 11.1 Å². The van der Waals surface area contributed by atoms with Crippen molar-refractivity contribution in [3.05, 3.63) is 23.3 Å². The molecule has 7 nitrogen and oxygen atoms in total. The van der Waals surface area contributed by atoms with Gasteiger partial charge in [0.1, 0.15) is 4.90 Å². The molecule has 1 rings (SSSR count). The summed E-state index contributed by atoms with van der Waals surface area (Å²) in [6.07, 6.45) is 0. The lowest BCUT2D eigenvalue weighted by Gasteiger charge is -2.09. The van der Waals surface area contributed by atoms with E-state index in [0.29, 0.717) is 6.07 Å². The van der Waals surface area contributed by atoms with Crippen molar-refractivity contribution in [1.82, 2.24) is 0 Å². The number of benzene rings is 1. The van der Waals surface area contributed by atoms with Crippen LogP contribution < -0.4 is 0 Å². The van der Waals surface area contributed by atoms with Crippen LogP contribution in [0.15, 0.2) is 21.9 Å². The van der Waals surface area contributed by atoms with Gasteiger partial charge in [-0.3, -0.25) is 9.11 Å². The Morgan fingerprint density at radius 1 is 1.06 bits per heavy atom. The van der Waals surface area contributed by atoms with Gasteiger partial charge in [0.05, 0.1) is 11.5 Å². The highest BCUT2D eigenvalue weighted by Gasteiger charge is 2.21. The minimum absolute atomic E-state index is 0.121. The van der Waals surface area contributed by atoms with Crippen molar-refractivity contribution in [2.75, 3.05) is 0 Å². The lowest BCUT2D eigenvalue weighted by Crippen LogP contribution is -2.08. The van der Waals surface area contributed by atoms with Crippen molar-refractivity contribution in [3.63, 3.8) is 0 Å². The SMILES string of the molecule is Cc1cc(S(=O)(=O)O)cc(S(=O)(=O)O)c1CO. The first-order valence-corrected chi connectivity index (χ1v) is 7.14. The summed E-state index contributed by atoms with van der Waals surface area (Å²) in [6, 6.07) is 1.58. The quantitative estimate of drug-likeness (QED) is 0.664. The van der Waals surface area contributed by atoms with Crippen LogP contribution in [0.3, 0.4) is 0 Å². The third kappa shape index (κ3) is 3.01. The smallest absolute Gasteiger partial charge is 0.294 e. The Morgan fingerprint density at radius 3 is 1.94 bits per heavy atom. The summed E-state index contributed by atoms with van der Waals surface area (Å²) in [5, 5.41) is 8.97. The Kier molecular flexibility index (Phi) is 3.60. The van der Waals surface area contributed by atoms with Gasteiger partial charge < -0.3 is 5.11 Å². The summed E-state index contributed by atoms with van der Waals surface area (Å²) in [6.45, 7) is 0.654. The van der Waals surface area contributed by atoms with Gasteiger partial charge >= 0.3 is 0 Å². The Morgan fingerprint density at radius 2 is 1.59 bits per heavy atom. The molecule has 1 aromatic carbocycles. The van der Waals surface area contributed by atoms with E-state index >= 15 is 0 Å². The first kappa shape index (κ1) is 14.1. The number of rotatable bonds is 3. The number of hydrogen-bond donors (Lipinski definition) is 3. The number of aliphatic hydroxyl groups excluding tert-OH is 1. The minimum Gasteiger partial charge on any atom is -0.392 e. The molecular formula is C8H10O7S2. The van der Waals surface area contributed by atoms with Gasteiger partial charge in [-0.15, -0.1) is 0 Å². The average Bonchev–Trinajstić information content (AvgIpc) is 2.13. The molecule has 96 valence electrons. The van der Waals surface area contributed by atoms with Crippen molar-refractivity contribution < 1.29 is 31.0 Å². The summed E-state index contributed by atoms with van der Waals surface area (Å²) >= 11 is 0.